The van der Waals surface area contributed by atoms with E-state index in [1.807, 2.05) is 0 Å². The van der Waals surface area contributed by atoms with Crippen LogP contribution in [0.3, 0.4) is 0 Å². The zero-order valence-corrected chi connectivity index (χ0v) is 28.2. The molecule has 0 aromatic heterocycles. The molecular formula is C34H63O8P. The average molecular weight is 631 g/mol. The number of phosphoric ester groups is 1. The maximum atomic E-state index is 12.3. The first-order chi connectivity index (χ1) is 20.8. The van der Waals surface area contributed by atoms with Gasteiger partial charge in [-0.1, -0.05) is 128 Å². The van der Waals surface area contributed by atoms with Gasteiger partial charge < -0.3 is 19.3 Å². The molecule has 0 fully saturated rings. The zero-order valence-electron chi connectivity index (χ0n) is 27.4. The van der Waals surface area contributed by atoms with Crippen LogP contribution in [0.4, 0.5) is 0 Å². The molecule has 0 aliphatic rings. The predicted octanol–water partition coefficient (Wildman–Crippen LogP) is 9.68. The van der Waals surface area contributed by atoms with Gasteiger partial charge in [0.15, 0.2) is 6.10 Å². The standard InChI is InChI=1S/C34H63O8P/c1-3-5-7-9-11-13-14-15-16-17-18-19-20-21-23-25-27-29-34(36)42-32(31-41-43(37,38)39)30-40-33(35)28-26-24-22-12-10-8-6-4-2/h11,13,15-16,32H,3-10,12,14,17-31H2,1-2H3,(H2,37,38,39)/b13-11-,16-15-. The Labute approximate surface area is 262 Å². The molecule has 9 heteroatoms. The van der Waals surface area contributed by atoms with E-state index < -0.39 is 32.5 Å². The Morgan fingerprint density at radius 3 is 1.58 bits per heavy atom. The van der Waals surface area contributed by atoms with Crippen molar-refractivity contribution >= 4 is 19.8 Å². The summed E-state index contributed by atoms with van der Waals surface area (Å²) in [6, 6.07) is 0. The van der Waals surface area contributed by atoms with Crippen LogP contribution >= 0.6 is 7.82 Å². The first-order valence-electron chi connectivity index (χ1n) is 17.1. The molecule has 0 rings (SSSR count). The second-order valence-electron chi connectivity index (χ2n) is 11.5. The van der Waals surface area contributed by atoms with E-state index in [4.69, 9.17) is 19.3 Å². The monoisotopic (exact) mass is 630 g/mol. The van der Waals surface area contributed by atoms with Crippen molar-refractivity contribution in [3.8, 4) is 0 Å². The quantitative estimate of drug-likeness (QED) is 0.0336. The Morgan fingerprint density at radius 1 is 0.605 bits per heavy atom. The molecule has 8 nitrogen and oxygen atoms in total. The average Bonchev–Trinajstić information content (AvgIpc) is 2.97. The SMILES string of the molecule is CCCCC/C=C\C/C=C\CCCCCCCCCC(=O)OC(COC(=O)CCCCCCCCCC)COP(=O)(O)O. The minimum atomic E-state index is -4.74. The summed E-state index contributed by atoms with van der Waals surface area (Å²) in [6.45, 7) is 3.60. The van der Waals surface area contributed by atoms with Crippen LogP contribution in [0.15, 0.2) is 24.3 Å². The van der Waals surface area contributed by atoms with E-state index in [-0.39, 0.29) is 19.4 Å². The van der Waals surface area contributed by atoms with E-state index in [0.29, 0.717) is 6.42 Å². The summed E-state index contributed by atoms with van der Waals surface area (Å²) in [5.41, 5.74) is 0. The van der Waals surface area contributed by atoms with Crippen molar-refractivity contribution in [3.05, 3.63) is 24.3 Å². The highest BCUT2D eigenvalue weighted by atomic mass is 31.2. The molecule has 1 unspecified atom stereocenters. The zero-order chi connectivity index (χ0) is 31.9. The number of carbonyl (C=O) groups is 2. The Kier molecular flexibility index (Phi) is 29.5. The molecule has 252 valence electrons. The van der Waals surface area contributed by atoms with Crippen molar-refractivity contribution in [2.45, 2.75) is 168 Å². The summed E-state index contributed by atoms with van der Waals surface area (Å²) in [4.78, 5) is 42.4. The number of ether oxygens (including phenoxy) is 2. The van der Waals surface area contributed by atoms with Crippen LogP contribution in [0.2, 0.25) is 0 Å². The van der Waals surface area contributed by atoms with Crippen molar-refractivity contribution in [1.82, 2.24) is 0 Å². The molecule has 0 radical (unpaired) electrons. The van der Waals surface area contributed by atoms with Crippen LogP contribution in [-0.2, 0) is 28.2 Å². The number of phosphoric acid groups is 1. The molecule has 0 saturated heterocycles. The number of allylic oxidation sites excluding steroid dienone is 4. The summed E-state index contributed by atoms with van der Waals surface area (Å²) in [7, 11) is -4.74. The van der Waals surface area contributed by atoms with Crippen molar-refractivity contribution < 1.29 is 37.9 Å². The molecule has 0 aliphatic heterocycles. The van der Waals surface area contributed by atoms with Crippen molar-refractivity contribution in [3.63, 3.8) is 0 Å². The lowest BCUT2D eigenvalue weighted by molar-refractivity contribution is -0.161. The van der Waals surface area contributed by atoms with Crippen molar-refractivity contribution in [2.75, 3.05) is 13.2 Å². The van der Waals surface area contributed by atoms with Gasteiger partial charge in [0.1, 0.15) is 6.61 Å². The van der Waals surface area contributed by atoms with Crippen LogP contribution in [0.1, 0.15) is 162 Å². The lowest BCUT2D eigenvalue weighted by atomic mass is 10.1. The highest BCUT2D eigenvalue weighted by Gasteiger charge is 2.22. The summed E-state index contributed by atoms with van der Waals surface area (Å²) in [5, 5.41) is 0. The van der Waals surface area contributed by atoms with Gasteiger partial charge in [-0.25, -0.2) is 4.57 Å². The second kappa shape index (κ2) is 30.6. The molecule has 0 bridgehead atoms. The van der Waals surface area contributed by atoms with Gasteiger partial charge in [0.2, 0.25) is 0 Å². The van der Waals surface area contributed by atoms with Crippen LogP contribution in [0, 0.1) is 0 Å². The van der Waals surface area contributed by atoms with Crippen molar-refractivity contribution in [2.24, 2.45) is 0 Å². The van der Waals surface area contributed by atoms with Crippen molar-refractivity contribution in [1.29, 1.82) is 0 Å². The van der Waals surface area contributed by atoms with Crippen LogP contribution in [0.25, 0.3) is 0 Å². The largest absolute Gasteiger partial charge is 0.469 e. The lowest BCUT2D eigenvalue weighted by Crippen LogP contribution is -2.29. The number of esters is 2. The first kappa shape index (κ1) is 41.5. The van der Waals surface area contributed by atoms with E-state index in [1.54, 1.807) is 0 Å². The maximum absolute atomic E-state index is 12.3. The van der Waals surface area contributed by atoms with Gasteiger partial charge in [-0.15, -0.1) is 0 Å². The number of rotatable bonds is 31. The highest BCUT2D eigenvalue weighted by Crippen LogP contribution is 2.35. The minimum Gasteiger partial charge on any atom is -0.462 e. The molecule has 0 aromatic carbocycles. The second-order valence-corrected chi connectivity index (χ2v) is 12.7. The molecule has 0 saturated carbocycles. The smallest absolute Gasteiger partial charge is 0.462 e. The van der Waals surface area contributed by atoms with Gasteiger partial charge in [-0.05, 0) is 44.9 Å². The number of unbranched alkanes of at least 4 members (excludes halogenated alkanes) is 17. The molecule has 0 aromatic rings. The van der Waals surface area contributed by atoms with E-state index in [2.05, 4.69) is 42.7 Å². The van der Waals surface area contributed by atoms with Crippen LogP contribution < -0.4 is 0 Å². The van der Waals surface area contributed by atoms with Crippen LogP contribution in [0.5, 0.6) is 0 Å². The number of hydrogen-bond acceptors (Lipinski definition) is 6. The maximum Gasteiger partial charge on any atom is 0.469 e. The number of hydrogen-bond donors (Lipinski definition) is 2. The Bertz CT molecular complexity index is 761. The van der Waals surface area contributed by atoms with Gasteiger partial charge in [-0.3, -0.25) is 14.1 Å². The van der Waals surface area contributed by atoms with Gasteiger partial charge in [-0.2, -0.15) is 0 Å². The predicted molar refractivity (Wildman–Crippen MR) is 175 cm³/mol. The van der Waals surface area contributed by atoms with Gasteiger partial charge in [0.25, 0.3) is 0 Å². The molecule has 1 atom stereocenters. The molecule has 43 heavy (non-hydrogen) atoms. The molecule has 0 aliphatic carbocycles. The molecular weight excluding hydrogens is 567 g/mol. The first-order valence-corrected chi connectivity index (χ1v) is 18.7. The molecule has 2 N–H and O–H groups in total. The summed E-state index contributed by atoms with van der Waals surface area (Å²) >= 11 is 0. The third-order valence-corrected chi connectivity index (χ3v) is 7.71. The summed E-state index contributed by atoms with van der Waals surface area (Å²) in [6.07, 6.45) is 31.9. The Hall–Kier alpha value is -1.47. The van der Waals surface area contributed by atoms with Crippen LogP contribution in [-0.4, -0.2) is 41.0 Å². The number of carbonyl (C=O) groups excluding carboxylic acids is 2. The van der Waals surface area contributed by atoms with Gasteiger partial charge >= 0.3 is 19.8 Å². The van der Waals surface area contributed by atoms with Gasteiger partial charge in [0.05, 0.1) is 6.61 Å². The summed E-state index contributed by atoms with van der Waals surface area (Å²) < 4.78 is 26.1. The third-order valence-electron chi connectivity index (χ3n) is 7.22. The molecule has 0 heterocycles. The molecule has 0 amide bonds. The highest BCUT2D eigenvalue weighted by molar-refractivity contribution is 7.46. The summed E-state index contributed by atoms with van der Waals surface area (Å²) in [5.74, 6) is -0.898. The fourth-order valence-corrected chi connectivity index (χ4v) is 5.00. The fourth-order valence-electron chi connectivity index (χ4n) is 4.64. The Morgan fingerprint density at radius 2 is 1.05 bits per heavy atom. The van der Waals surface area contributed by atoms with E-state index in [9.17, 15) is 14.2 Å². The van der Waals surface area contributed by atoms with E-state index >= 15 is 0 Å². The topological polar surface area (TPSA) is 119 Å². The Balaban J connectivity index is 3.98. The third kappa shape index (κ3) is 33.3. The lowest BCUT2D eigenvalue weighted by Gasteiger charge is -2.18. The van der Waals surface area contributed by atoms with Gasteiger partial charge in [0, 0.05) is 12.8 Å². The minimum absolute atomic E-state index is 0.205. The fraction of sp³-hybridized carbons (Fsp3) is 0.824. The normalized spacial score (nSPS) is 12.7. The van der Waals surface area contributed by atoms with E-state index in [0.717, 1.165) is 51.4 Å². The van der Waals surface area contributed by atoms with E-state index in [1.165, 1.54) is 77.0 Å². The molecule has 0 spiro atoms.